The van der Waals surface area contributed by atoms with Crippen molar-refractivity contribution in [3.8, 4) is 5.75 Å². The van der Waals surface area contributed by atoms with Crippen molar-refractivity contribution in [1.82, 2.24) is 4.90 Å². The van der Waals surface area contributed by atoms with Crippen LogP contribution in [0.3, 0.4) is 0 Å². The third kappa shape index (κ3) is 2.80. The molecular formula is C23H19BrN2O. The topological polar surface area (TPSA) is 24.6 Å². The second-order valence-electron chi connectivity index (χ2n) is 6.88. The maximum atomic E-state index is 5.62. The molecule has 27 heavy (non-hydrogen) atoms. The number of benzene rings is 3. The van der Waals surface area contributed by atoms with Gasteiger partial charge in [0.25, 0.3) is 0 Å². The Morgan fingerprint density at radius 3 is 2.30 bits per heavy atom. The van der Waals surface area contributed by atoms with Gasteiger partial charge in [-0.25, -0.2) is 0 Å². The van der Waals surface area contributed by atoms with E-state index >= 15 is 0 Å². The van der Waals surface area contributed by atoms with Gasteiger partial charge in [0, 0.05) is 10.0 Å². The highest BCUT2D eigenvalue weighted by atomic mass is 79.9. The summed E-state index contributed by atoms with van der Waals surface area (Å²) in [6.07, 6.45) is -0.0185. The Balaban J connectivity index is 1.59. The fraction of sp³-hybridized carbons (Fsp3) is 0.174. The van der Waals surface area contributed by atoms with E-state index in [9.17, 15) is 0 Å². The molecule has 1 unspecified atom stereocenters. The van der Waals surface area contributed by atoms with E-state index in [1.165, 1.54) is 11.1 Å². The van der Waals surface area contributed by atoms with Crippen LogP contribution in [0.4, 0.5) is 0 Å². The first-order valence-corrected chi connectivity index (χ1v) is 9.86. The number of nitrogens with zero attached hydrogens (tertiary/aromatic N) is 2. The van der Waals surface area contributed by atoms with Gasteiger partial charge in [-0.05, 0) is 29.3 Å². The second kappa shape index (κ2) is 6.63. The Bertz CT molecular complexity index is 1000. The second-order valence-corrected chi connectivity index (χ2v) is 7.80. The van der Waals surface area contributed by atoms with Gasteiger partial charge in [0.05, 0.1) is 24.9 Å². The molecule has 2 heterocycles. The molecule has 3 nitrogen and oxygen atoms in total. The lowest BCUT2D eigenvalue weighted by Gasteiger charge is -2.17. The quantitative estimate of drug-likeness (QED) is 0.530. The first-order valence-electron chi connectivity index (χ1n) is 9.07. The maximum Gasteiger partial charge on any atom is 0.133 e. The van der Waals surface area contributed by atoms with Crippen LogP contribution >= 0.6 is 15.9 Å². The van der Waals surface area contributed by atoms with Gasteiger partial charge in [-0.1, -0.05) is 76.6 Å². The van der Waals surface area contributed by atoms with E-state index in [1.807, 2.05) is 12.1 Å². The fourth-order valence-electron chi connectivity index (χ4n) is 4.10. The molecule has 2 aliphatic heterocycles. The van der Waals surface area contributed by atoms with Gasteiger partial charge in [-0.3, -0.25) is 9.89 Å². The van der Waals surface area contributed by atoms with Crippen LogP contribution in [-0.4, -0.2) is 23.8 Å². The molecule has 0 bridgehead atoms. The minimum atomic E-state index is -0.0185. The highest BCUT2D eigenvalue weighted by Gasteiger charge is 2.59. The number of rotatable bonds is 4. The molecule has 2 aliphatic rings. The monoisotopic (exact) mass is 418 g/mol. The van der Waals surface area contributed by atoms with Crippen LogP contribution in [0, 0.1) is 0 Å². The van der Waals surface area contributed by atoms with E-state index in [4.69, 9.17) is 9.73 Å². The van der Waals surface area contributed by atoms with E-state index in [1.54, 1.807) is 7.11 Å². The predicted molar refractivity (Wildman–Crippen MR) is 111 cm³/mol. The first-order chi connectivity index (χ1) is 13.3. The molecular weight excluding hydrogens is 400 g/mol. The van der Waals surface area contributed by atoms with Crippen molar-refractivity contribution in [3.63, 3.8) is 0 Å². The molecule has 0 aromatic heterocycles. The summed E-state index contributed by atoms with van der Waals surface area (Å²) >= 11 is 3.53. The highest BCUT2D eigenvalue weighted by molar-refractivity contribution is 9.10. The average molecular weight is 419 g/mol. The summed E-state index contributed by atoms with van der Waals surface area (Å²) < 4.78 is 6.70. The summed E-state index contributed by atoms with van der Waals surface area (Å²) in [6.45, 7) is 0. The molecule has 1 saturated heterocycles. The van der Waals surface area contributed by atoms with E-state index in [2.05, 4.69) is 87.6 Å². The minimum Gasteiger partial charge on any atom is -0.496 e. The van der Waals surface area contributed by atoms with Crippen LogP contribution in [0.1, 0.15) is 28.9 Å². The van der Waals surface area contributed by atoms with Crippen molar-refractivity contribution in [2.75, 3.05) is 7.11 Å². The smallest absolute Gasteiger partial charge is 0.133 e. The van der Waals surface area contributed by atoms with Crippen LogP contribution in [0.2, 0.25) is 0 Å². The Labute approximate surface area is 167 Å². The van der Waals surface area contributed by atoms with E-state index in [0.29, 0.717) is 12.1 Å². The number of aliphatic imine (C=N–C) groups is 1. The van der Waals surface area contributed by atoms with Gasteiger partial charge in [0.2, 0.25) is 0 Å². The molecule has 5 rings (SSSR count). The van der Waals surface area contributed by atoms with Crippen molar-refractivity contribution in [2.45, 2.75) is 18.2 Å². The maximum absolute atomic E-state index is 5.62. The van der Waals surface area contributed by atoms with E-state index in [0.717, 1.165) is 21.5 Å². The standard InChI is InChI=1S/C23H19BrN2O/c1-27-19-10-6-5-9-18(19)23-25-20(15-11-13-17(24)14-12-15)22-21(26(22)23)16-7-3-2-4-8-16/h2-14,21-23H,1H3/t21-,22-,23-,26?/m1/s1. The largest absolute Gasteiger partial charge is 0.496 e. The van der Waals surface area contributed by atoms with Gasteiger partial charge in [0.1, 0.15) is 11.9 Å². The number of methoxy groups -OCH3 is 1. The van der Waals surface area contributed by atoms with Crippen LogP contribution in [0.25, 0.3) is 0 Å². The molecule has 0 saturated carbocycles. The molecule has 0 spiro atoms. The first kappa shape index (κ1) is 16.7. The predicted octanol–water partition coefficient (Wildman–Crippen LogP) is 5.38. The van der Waals surface area contributed by atoms with Crippen molar-refractivity contribution >= 4 is 21.6 Å². The van der Waals surface area contributed by atoms with Crippen LogP contribution in [0.15, 0.2) is 88.3 Å². The Morgan fingerprint density at radius 1 is 0.852 bits per heavy atom. The summed E-state index contributed by atoms with van der Waals surface area (Å²) in [5.41, 5.74) is 4.80. The molecule has 0 radical (unpaired) electrons. The summed E-state index contributed by atoms with van der Waals surface area (Å²) in [6, 6.07) is 28.0. The summed E-state index contributed by atoms with van der Waals surface area (Å²) in [7, 11) is 1.72. The van der Waals surface area contributed by atoms with Crippen molar-refractivity contribution in [3.05, 3.63) is 100 Å². The summed E-state index contributed by atoms with van der Waals surface area (Å²) in [5, 5.41) is 0. The third-order valence-electron chi connectivity index (χ3n) is 5.37. The third-order valence-corrected chi connectivity index (χ3v) is 5.90. The fourth-order valence-corrected chi connectivity index (χ4v) is 4.36. The Kier molecular flexibility index (Phi) is 4.10. The number of hydrogen-bond acceptors (Lipinski definition) is 3. The molecule has 4 atom stereocenters. The lowest BCUT2D eigenvalue weighted by Crippen LogP contribution is -2.08. The Hall–Kier alpha value is -2.43. The van der Waals surface area contributed by atoms with Crippen LogP contribution < -0.4 is 4.74 Å². The van der Waals surface area contributed by atoms with Gasteiger partial charge >= 0.3 is 0 Å². The molecule has 134 valence electrons. The molecule has 0 N–H and O–H groups in total. The zero-order chi connectivity index (χ0) is 18.4. The lowest BCUT2D eigenvalue weighted by molar-refractivity contribution is 0.366. The Morgan fingerprint density at radius 2 is 1.56 bits per heavy atom. The zero-order valence-electron chi connectivity index (χ0n) is 14.9. The number of ether oxygens (including phenoxy) is 1. The number of fused-ring (bicyclic) bond motifs is 1. The number of halogens is 1. The van der Waals surface area contributed by atoms with Gasteiger partial charge in [-0.2, -0.15) is 0 Å². The lowest BCUT2D eigenvalue weighted by atomic mass is 10.0. The van der Waals surface area contributed by atoms with E-state index < -0.39 is 0 Å². The minimum absolute atomic E-state index is 0.0185. The van der Waals surface area contributed by atoms with Crippen molar-refractivity contribution < 1.29 is 4.74 Å². The van der Waals surface area contributed by atoms with Gasteiger partial charge in [-0.15, -0.1) is 0 Å². The molecule has 3 aromatic rings. The van der Waals surface area contributed by atoms with Crippen molar-refractivity contribution in [2.24, 2.45) is 4.99 Å². The zero-order valence-corrected chi connectivity index (χ0v) is 16.5. The highest BCUT2D eigenvalue weighted by Crippen LogP contribution is 2.56. The van der Waals surface area contributed by atoms with Crippen LogP contribution in [-0.2, 0) is 0 Å². The van der Waals surface area contributed by atoms with Gasteiger partial charge in [0.15, 0.2) is 0 Å². The number of para-hydroxylation sites is 1. The summed E-state index contributed by atoms with van der Waals surface area (Å²) in [5.74, 6) is 0.890. The molecule has 0 aliphatic carbocycles. The SMILES string of the molecule is COc1ccccc1[C@@H]1N=C(c2ccc(Br)cc2)[C@@H]2[C@@H](c3ccccc3)N21. The van der Waals surface area contributed by atoms with Gasteiger partial charge < -0.3 is 4.74 Å². The normalized spacial score (nSPS) is 25.6. The molecule has 0 amide bonds. The molecule has 3 aromatic carbocycles. The number of hydrogen-bond donors (Lipinski definition) is 0. The summed E-state index contributed by atoms with van der Waals surface area (Å²) in [4.78, 5) is 7.60. The van der Waals surface area contributed by atoms with Crippen LogP contribution in [0.5, 0.6) is 5.75 Å². The van der Waals surface area contributed by atoms with E-state index in [-0.39, 0.29) is 6.17 Å². The molecule has 1 fully saturated rings. The molecule has 4 heteroatoms. The average Bonchev–Trinajstić information content (AvgIpc) is 3.34. The van der Waals surface area contributed by atoms with Crippen molar-refractivity contribution in [1.29, 1.82) is 0 Å².